The highest BCUT2D eigenvalue weighted by Gasteiger charge is 2.36. The van der Waals surface area contributed by atoms with Crippen molar-refractivity contribution in [3.63, 3.8) is 0 Å². The van der Waals surface area contributed by atoms with E-state index in [9.17, 15) is 4.79 Å². The SMILES string of the molecule is O=C(c1ccc2c(c1)=NCN=2)N1CC2CCC1CC2. The van der Waals surface area contributed by atoms with Gasteiger partial charge in [-0.2, -0.15) is 0 Å². The standard InChI is InChI=1S/C15H17N3O/c19-15(18-8-10-1-4-12(18)5-2-10)11-3-6-13-14(7-11)17-9-16-13/h3,6-7,10,12H,1-2,4-5,8-9H2. The van der Waals surface area contributed by atoms with Crippen molar-refractivity contribution in [1.29, 1.82) is 0 Å². The lowest BCUT2D eigenvalue weighted by atomic mass is 9.79. The van der Waals surface area contributed by atoms with Crippen molar-refractivity contribution in [2.45, 2.75) is 31.7 Å². The van der Waals surface area contributed by atoms with Gasteiger partial charge in [0.2, 0.25) is 0 Å². The van der Waals surface area contributed by atoms with Crippen molar-refractivity contribution in [3.8, 4) is 0 Å². The second-order valence-electron chi connectivity index (χ2n) is 5.79. The fourth-order valence-corrected chi connectivity index (χ4v) is 3.59. The molecule has 0 aromatic heterocycles. The molecule has 1 amide bonds. The Morgan fingerprint density at radius 3 is 2.63 bits per heavy atom. The van der Waals surface area contributed by atoms with Crippen LogP contribution in [0, 0.1) is 5.92 Å². The third-order valence-corrected chi connectivity index (χ3v) is 4.68. The van der Waals surface area contributed by atoms with Crippen LogP contribution in [0.1, 0.15) is 36.0 Å². The number of hydrogen-bond acceptors (Lipinski definition) is 3. The zero-order chi connectivity index (χ0) is 12.8. The molecular formula is C15H17N3O. The molecule has 5 rings (SSSR count). The lowest BCUT2D eigenvalue weighted by Gasteiger charge is -2.45. The fraction of sp³-hybridized carbons (Fsp3) is 0.533. The lowest BCUT2D eigenvalue weighted by molar-refractivity contribution is 0.0333. The minimum absolute atomic E-state index is 0.180. The minimum Gasteiger partial charge on any atom is -0.335 e. The first-order valence-electron chi connectivity index (χ1n) is 7.11. The number of piperidine rings is 2. The van der Waals surface area contributed by atoms with Gasteiger partial charge in [-0.1, -0.05) is 0 Å². The number of nitrogens with zero attached hydrogens (tertiary/aromatic N) is 3. The molecule has 4 nitrogen and oxygen atoms in total. The Labute approximate surface area is 111 Å². The molecule has 0 N–H and O–H groups in total. The van der Waals surface area contributed by atoms with Gasteiger partial charge in [0.15, 0.2) is 0 Å². The van der Waals surface area contributed by atoms with Gasteiger partial charge in [0, 0.05) is 18.2 Å². The Morgan fingerprint density at radius 2 is 1.89 bits per heavy atom. The molecule has 4 heteroatoms. The highest BCUT2D eigenvalue weighted by molar-refractivity contribution is 5.94. The number of carbonyl (C=O) groups excluding carboxylic acids is 1. The van der Waals surface area contributed by atoms with E-state index >= 15 is 0 Å². The monoisotopic (exact) mass is 255 g/mol. The summed E-state index contributed by atoms with van der Waals surface area (Å²) >= 11 is 0. The second-order valence-corrected chi connectivity index (χ2v) is 5.79. The van der Waals surface area contributed by atoms with E-state index in [2.05, 4.69) is 14.9 Å². The molecule has 4 aliphatic rings. The van der Waals surface area contributed by atoms with Crippen LogP contribution >= 0.6 is 0 Å². The van der Waals surface area contributed by atoms with Crippen LogP contribution in [0.5, 0.6) is 0 Å². The van der Waals surface area contributed by atoms with Gasteiger partial charge in [-0.3, -0.25) is 14.8 Å². The number of fused-ring (bicyclic) bond motifs is 4. The summed E-state index contributed by atoms with van der Waals surface area (Å²) in [6.45, 7) is 1.45. The van der Waals surface area contributed by atoms with Gasteiger partial charge < -0.3 is 4.90 Å². The van der Waals surface area contributed by atoms with E-state index in [4.69, 9.17) is 0 Å². The molecule has 3 fully saturated rings. The third kappa shape index (κ3) is 1.78. The first-order valence-corrected chi connectivity index (χ1v) is 7.11. The van der Waals surface area contributed by atoms with Gasteiger partial charge in [0.25, 0.3) is 5.91 Å². The van der Waals surface area contributed by atoms with E-state index in [0.717, 1.165) is 28.7 Å². The van der Waals surface area contributed by atoms with Gasteiger partial charge >= 0.3 is 0 Å². The van der Waals surface area contributed by atoms with Gasteiger partial charge in [-0.25, -0.2) is 0 Å². The Kier molecular flexibility index (Phi) is 2.43. The van der Waals surface area contributed by atoms with Crippen molar-refractivity contribution >= 4 is 5.91 Å². The molecule has 1 saturated carbocycles. The number of carbonyl (C=O) groups is 1. The molecule has 0 spiro atoms. The Bertz CT molecular complexity index is 644. The van der Waals surface area contributed by atoms with Crippen molar-refractivity contribution in [3.05, 3.63) is 34.5 Å². The highest BCUT2D eigenvalue weighted by Crippen LogP contribution is 2.35. The average Bonchev–Trinajstić information content (AvgIpc) is 2.95. The summed E-state index contributed by atoms with van der Waals surface area (Å²) in [5, 5.41) is 1.78. The summed E-state index contributed by atoms with van der Waals surface area (Å²) in [6.07, 6.45) is 4.96. The van der Waals surface area contributed by atoms with Gasteiger partial charge in [0.1, 0.15) is 6.67 Å². The van der Waals surface area contributed by atoms with Crippen molar-refractivity contribution in [2.24, 2.45) is 15.9 Å². The Morgan fingerprint density at radius 1 is 1.11 bits per heavy atom. The zero-order valence-electron chi connectivity index (χ0n) is 10.9. The predicted octanol–water partition coefficient (Wildman–Crippen LogP) is 0.911. The summed E-state index contributed by atoms with van der Waals surface area (Å²) in [5.74, 6) is 0.905. The van der Waals surface area contributed by atoms with Gasteiger partial charge in [-0.05, 0) is 49.8 Å². The summed E-state index contributed by atoms with van der Waals surface area (Å²) in [6, 6.07) is 6.18. The van der Waals surface area contributed by atoms with Crippen LogP contribution in [0.3, 0.4) is 0 Å². The molecule has 2 saturated heterocycles. The summed E-state index contributed by atoms with van der Waals surface area (Å²) < 4.78 is 0. The molecule has 0 unspecified atom stereocenters. The molecular weight excluding hydrogens is 238 g/mol. The number of benzene rings is 1. The van der Waals surface area contributed by atoms with Crippen LogP contribution in [-0.4, -0.2) is 30.1 Å². The number of rotatable bonds is 1. The Balaban J connectivity index is 1.66. The highest BCUT2D eigenvalue weighted by atomic mass is 16.2. The molecule has 2 bridgehead atoms. The average molecular weight is 255 g/mol. The predicted molar refractivity (Wildman–Crippen MR) is 70.4 cm³/mol. The van der Waals surface area contributed by atoms with Crippen LogP contribution < -0.4 is 10.7 Å². The van der Waals surface area contributed by atoms with E-state index in [1.807, 2.05) is 18.2 Å². The fourth-order valence-electron chi connectivity index (χ4n) is 3.59. The van der Waals surface area contributed by atoms with Crippen LogP contribution in [0.2, 0.25) is 0 Å². The van der Waals surface area contributed by atoms with Gasteiger partial charge in [0.05, 0.1) is 10.7 Å². The maximum atomic E-state index is 12.6. The van der Waals surface area contributed by atoms with Crippen LogP contribution in [0.4, 0.5) is 0 Å². The summed E-state index contributed by atoms with van der Waals surface area (Å²) in [7, 11) is 0. The van der Waals surface area contributed by atoms with E-state index in [0.29, 0.717) is 12.7 Å². The molecule has 1 aromatic carbocycles. The first-order chi connectivity index (χ1) is 9.31. The van der Waals surface area contributed by atoms with Crippen molar-refractivity contribution in [2.75, 3.05) is 13.2 Å². The summed E-state index contributed by atoms with van der Waals surface area (Å²) in [4.78, 5) is 23.3. The molecule has 0 atom stereocenters. The largest absolute Gasteiger partial charge is 0.335 e. The molecule has 1 aliphatic carbocycles. The molecule has 3 aliphatic heterocycles. The van der Waals surface area contributed by atoms with Crippen LogP contribution in [0.25, 0.3) is 0 Å². The van der Waals surface area contributed by atoms with E-state index in [1.165, 1.54) is 25.7 Å². The van der Waals surface area contributed by atoms with E-state index < -0.39 is 0 Å². The van der Waals surface area contributed by atoms with Gasteiger partial charge in [-0.15, -0.1) is 0 Å². The van der Waals surface area contributed by atoms with E-state index in [-0.39, 0.29) is 5.91 Å². The maximum absolute atomic E-state index is 12.6. The third-order valence-electron chi connectivity index (χ3n) is 4.68. The Hall–Kier alpha value is -1.71. The van der Waals surface area contributed by atoms with Crippen LogP contribution in [-0.2, 0) is 0 Å². The quantitative estimate of drug-likeness (QED) is 0.735. The van der Waals surface area contributed by atoms with Crippen molar-refractivity contribution in [1.82, 2.24) is 4.90 Å². The van der Waals surface area contributed by atoms with Crippen LogP contribution in [0.15, 0.2) is 28.2 Å². The molecule has 19 heavy (non-hydrogen) atoms. The summed E-state index contributed by atoms with van der Waals surface area (Å²) in [5.41, 5.74) is 0.771. The molecule has 3 heterocycles. The molecule has 98 valence electrons. The first kappa shape index (κ1) is 11.1. The topological polar surface area (TPSA) is 45.0 Å². The van der Waals surface area contributed by atoms with Crippen molar-refractivity contribution < 1.29 is 4.79 Å². The molecule has 1 aromatic rings. The van der Waals surface area contributed by atoms with E-state index in [1.54, 1.807) is 0 Å². The zero-order valence-corrected chi connectivity index (χ0v) is 10.9. The molecule has 0 radical (unpaired) electrons. The maximum Gasteiger partial charge on any atom is 0.254 e. The number of hydrogen-bond donors (Lipinski definition) is 0. The smallest absolute Gasteiger partial charge is 0.254 e. The minimum atomic E-state index is 0.180. The second kappa shape index (κ2) is 4.15. The normalized spacial score (nSPS) is 27.7. The number of amides is 1. The lowest BCUT2D eigenvalue weighted by Crippen LogP contribution is -2.51.